The summed E-state index contributed by atoms with van der Waals surface area (Å²) in [4.78, 5) is 14.6. The third kappa shape index (κ3) is 1.01. The molecule has 3 aromatic rings. The Kier molecular flexibility index (Phi) is 1.41. The molecule has 0 saturated carbocycles. The number of nitrogens with zero attached hydrogens (tertiary/aromatic N) is 2. The van der Waals surface area contributed by atoms with Gasteiger partial charge in [0.2, 0.25) is 0 Å². The molecule has 0 spiro atoms. The van der Waals surface area contributed by atoms with E-state index in [1.807, 2.05) is 18.2 Å². The van der Waals surface area contributed by atoms with E-state index in [4.69, 9.17) is 0 Å². The summed E-state index contributed by atoms with van der Waals surface area (Å²) in [7, 11) is 0. The van der Waals surface area contributed by atoms with E-state index in [9.17, 15) is 0 Å². The lowest BCUT2D eigenvalue weighted by Crippen LogP contribution is -1.79. The predicted octanol–water partition coefficient (Wildman–Crippen LogP) is 1.95. The molecule has 3 rings (SSSR count). The van der Waals surface area contributed by atoms with Crippen LogP contribution in [0.4, 0.5) is 0 Å². The van der Waals surface area contributed by atoms with E-state index in [0.29, 0.717) is 0 Å². The molecule has 0 aliphatic carbocycles. The number of hydrogen-bond acceptors (Lipinski definition) is 2. The average molecular weight is 184 g/mol. The van der Waals surface area contributed by atoms with Gasteiger partial charge in [-0.1, -0.05) is 0 Å². The molecule has 0 radical (unpaired) electrons. The lowest BCUT2D eigenvalue weighted by atomic mass is 10.3. The van der Waals surface area contributed by atoms with Crippen molar-refractivity contribution in [1.82, 2.24) is 19.9 Å². The van der Waals surface area contributed by atoms with Crippen LogP contribution in [0.25, 0.3) is 22.6 Å². The van der Waals surface area contributed by atoms with Gasteiger partial charge in [0.05, 0.1) is 5.69 Å². The Labute approximate surface area is 80.0 Å². The minimum atomic E-state index is 0.836. The summed E-state index contributed by atoms with van der Waals surface area (Å²) in [6.07, 6.45) is 5.30. The zero-order chi connectivity index (χ0) is 9.38. The highest BCUT2D eigenvalue weighted by Gasteiger charge is 2.04. The summed E-state index contributed by atoms with van der Waals surface area (Å²) in [5, 5.41) is 1.10. The Hall–Kier alpha value is -2.10. The SMILES string of the molecule is c1cnc2[nH]c(-c3ncc[nH]3)cc2c1. The number of imidazole rings is 1. The first-order valence-corrected chi connectivity index (χ1v) is 4.37. The van der Waals surface area contributed by atoms with Gasteiger partial charge in [-0.05, 0) is 18.2 Å². The Morgan fingerprint density at radius 1 is 1.14 bits per heavy atom. The van der Waals surface area contributed by atoms with Crippen molar-refractivity contribution in [2.75, 3.05) is 0 Å². The Morgan fingerprint density at radius 3 is 2.93 bits per heavy atom. The van der Waals surface area contributed by atoms with Gasteiger partial charge < -0.3 is 9.97 Å². The molecule has 3 aromatic heterocycles. The maximum absolute atomic E-state index is 4.21. The molecule has 4 heteroatoms. The second kappa shape index (κ2) is 2.70. The smallest absolute Gasteiger partial charge is 0.153 e. The van der Waals surface area contributed by atoms with Crippen LogP contribution in [0.1, 0.15) is 0 Å². The minimum Gasteiger partial charge on any atom is -0.343 e. The summed E-state index contributed by atoms with van der Waals surface area (Å²) >= 11 is 0. The van der Waals surface area contributed by atoms with Crippen LogP contribution in [0.3, 0.4) is 0 Å². The first kappa shape index (κ1) is 7.32. The fraction of sp³-hybridized carbons (Fsp3) is 0. The molecule has 3 heterocycles. The molecular formula is C10H8N4. The van der Waals surface area contributed by atoms with Crippen molar-refractivity contribution in [3.63, 3.8) is 0 Å². The Balaban J connectivity index is 2.24. The van der Waals surface area contributed by atoms with Gasteiger partial charge in [-0.25, -0.2) is 9.97 Å². The molecule has 2 N–H and O–H groups in total. The van der Waals surface area contributed by atoms with Crippen LogP contribution in [0, 0.1) is 0 Å². The van der Waals surface area contributed by atoms with Gasteiger partial charge in [0.15, 0.2) is 5.82 Å². The van der Waals surface area contributed by atoms with Gasteiger partial charge >= 0.3 is 0 Å². The van der Waals surface area contributed by atoms with Gasteiger partial charge in [0, 0.05) is 24.0 Å². The highest BCUT2D eigenvalue weighted by atomic mass is 14.9. The zero-order valence-electron chi connectivity index (χ0n) is 7.36. The molecule has 68 valence electrons. The maximum atomic E-state index is 4.21. The molecule has 0 aliphatic rings. The highest BCUT2D eigenvalue weighted by molar-refractivity contribution is 5.81. The third-order valence-corrected chi connectivity index (χ3v) is 2.15. The van der Waals surface area contributed by atoms with E-state index in [0.717, 1.165) is 22.6 Å². The first-order chi connectivity index (χ1) is 6.93. The summed E-state index contributed by atoms with van der Waals surface area (Å²) in [6, 6.07) is 5.97. The molecule has 0 unspecified atom stereocenters. The molecular weight excluding hydrogens is 176 g/mol. The van der Waals surface area contributed by atoms with Crippen LogP contribution < -0.4 is 0 Å². The summed E-state index contributed by atoms with van der Waals surface area (Å²) in [6.45, 7) is 0. The molecule has 0 amide bonds. The van der Waals surface area contributed by atoms with Crippen molar-refractivity contribution in [1.29, 1.82) is 0 Å². The zero-order valence-corrected chi connectivity index (χ0v) is 7.36. The molecule has 14 heavy (non-hydrogen) atoms. The normalized spacial score (nSPS) is 10.9. The number of fused-ring (bicyclic) bond motifs is 1. The largest absolute Gasteiger partial charge is 0.343 e. The average Bonchev–Trinajstić information content (AvgIpc) is 2.86. The number of aromatic amines is 2. The fourth-order valence-electron chi connectivity index (χ4n) is 1.50. The van der Waals surface area contributed by atoms with Crippen molar-refractivity contribution in [2.45, 2.75) is 0 Å². The number of rotatable bonds is 1. The molecule has 0 atom stereocenters. The number of aromatic nitrogens is 4. The van der Waals surface area contributed by atoms with Crippen LogP contribution in [0.2, 0.25) is 0 Å². The molecule has 0 fully saturated rings. The van der Waals surface area contributed by atoms with Crippen molar-refractivity contribution in [3.8, 4) is 11.5 Å². The molecule has 0 aliphatic heterocycles. The van der Waals surface area contributed by atoms with Crippen molar-refractivity contribution in [3.05, 3.63) is 36.8 Å². The molecule has 0 aromatic carbocycles. The molecule has 4 nitrogen and oxygen atoms in total. The number of hydrogen-bond donors (Lipinski definition) is 2. The van der Waals surface area contributed by atoms with E-state index in [-0.39, 0.29) is 0 Å². The van der Waals surface area contributed by atoms with Gasteiger partial charge in [0.1, 0.15) is 5.65 Å². The topological polar surface area (TPSA) is 57.4 Å². The monoisotopic (exact) mass is 184 g/mol. The second-order valence-electron chi connectivity index (χ2n) is 3.06. The van der Waals surface area contributed by atoms with Gasteiger partial charge in [-0.3, -0.25) is 0 Å². The Bertz CT molecular complexity index is 517. The maximum Gasteiger partial charge on any atom is 0.153 e. The van der Waals surface area contributed by atoms with Crippen molar-refractivity contribution < 1.29 is 0 Å². The van der Waals surface area contributed by atoms with E-state index in [2.05, 4.69) is 19.9 Å². The lowest BCUT2D eigenvalue weighted by molar-refractivity contribution is 1.25. The predicted molar refractivity (Wildman–Crippen MR) is 53.7 cm³/mol. The third-order valence-electron chi connectivity index (χ3n) is 2.15. The van der Waals surface area contributed by atoms with Crippen LogP contribution in [0.5, 0.6) is 0 Å². The fourth-order valence-corrected chi connectivity index (χ4v) is 1.50. The van der Waals surface area contributed by atoms with Crippen molar-refractivity contribution >= 4 is 11.0 Å². The standard InChI is InChI=1S/C10H8N4/c1-2-7-6-8(10-12-4-5-13-10)14-9(7)11-3-1/h1-6H,(H,11,14)(H,12,13). The second-order valence-corrected chi connectivity index (χ2v) is 3.06. The summed E-state index contributed by atoms with van der Waals surface area (Å²) < 4.78 is 0. The van der Waals surface area contributed by atoms with E-state index >= 15 is 0 Å². The number of pyridine rings is 1. The summed E-state index contributed by atoms with van der Waals surface area (Å²) in [5.74, 6) is 0.836. The van der Waals surface area contributed by atoms with Crippen LogP contribution >= 0.6 is 0 Å². The van der Waals surface area contributed by atoms with Gasteiger partial charge in [-0.15, -0.1) is 0 Å². The van der Waals surface area contributed by atoms with Gasteiger partial charge in [0.25, 0.3) is 0 Å². The summed E-state index contributed by atoms with van der Waals surface area (Å²) in [5.41, 5.74) is 1.85. The van der Waals surface area contributed by atoms with E-state index in [1.54, 1.807) is 18.6 Å². The number of nitrogens with one attached hydrogen (secondary N) is 2. The molecule has 0 bridgehead atoms. The quantitative estimate of drug-likeness (QED) is 0.607. The van der Waals surface area contributed by atoms with Crippen LogP contribution in [0.15, 0.2) is 36.8 Å². The van der Waals surface area contributed by atoms with Crippen LogP contribution in [-0.4, -0.2) is 19.9 Å². The lowest BCUT2D eigenvalue weighted by Gasteiger charge is -1.87. The van der Waals surface area contributed by atoms with Crippen molar-refractivity contribution in [2.24, 2.45) is 0 Å². The number of H-pyrrole nitrogens is 2. The van der Waals surface area contributed by atoms with Gasteiger partial charge in [-0.2, -0.15) is 0 Å². The first-order valence-electron chi connectivity index (χ1n) is 4.37. The Morgan fingerprint density at radius 2 is 2.14 bits per heavy atom. The molecule has 0 saturated heterocycles. The van der Waals surface area contributed by atoms with E-state index in [1.165, 1.54) is 0 Å². The van der Waals surface area contributed by atoms with E-state index < -0.39 is 0 Å². The van der Waals surface area contributed by atoms with Crippen LogP contribution in [-0.2, 0) is 0 Å². The highest BCUT2D eigenvalue weighted by Crippen LogP contribution is 2.19. The minimum absolute atomic E-state index is 0.836.